The summed E-state index contributed by atoms with van der Waals surface area (Å²) in [5.74, 6) is 0.882. The van der Waals surface area contributed by atoms with Gasteiger partial charge in [0.2, 0.25) is 0 Å². The van der Waals surface area contributed by atoms with E-state index < -0.39 is 0 Å². The van der Waals surface area contributed by atoms with Crippen LogP contribution in [0.15, 0.2) is 42.5 Å². The molecule has 3 rings (SSSR count). The van der Waals surface area contributed by atoms with Gasteiger partial charge in [0, 0.05) is 43.0 Å². The predicted octanol–water partition coefficient (Wildman–Crippen LogP) is 2.39. The van der Waals surface area contributed by atoms with Gasteiger partial charge in [0.15, 0.2) is 17.3 Å². The summed E-state index contributed by atoms with van der Waals surface area (Å²) in [5, 5.41) is 2.84. The summed E-state index contributed by atoms with van der Waals surface area (Å²) in [6, 6.07) is 12.0. The van der Waals surface area contributed by atoms with Gasteiger partial charge in [0.1, 0.15) is 0 Å². The summed E-state index contributed by atoms with van der Waals surface area (Å²) in [4.78, 5) is 29.5. The molecule has 2 aromatic rings. The summed E-state index contributed by atoms with van der Waals surface area (Å²) in [5.41, 5.74) is 1.73. The number of carbonyl (C=O) groups excluding carboxylic acids is 2. The lowest BCUT2D eigenvalue weighted by atomic mass is 10.1. The molecular formula is C22H27N3O4. The average Bonchev–Trinajstić information content (AvgIpc) is 2.75. The normalized spacial score (nSPS) is 15.0. The highest BCUT2D eigenvalue weighted by molar-refractivity contribution is 6.05. The van der Waals surface area contributed by atoms with Gasteiger partial charge in [-0.3, -0.25) is 14.5 Å². The Kier molecular flexibility index (Phi) is 6.85. The van der Waals surface area contributed by atoms with Gasteiger partial charge in [-0.1, -0.05) is 0 Å². The fraction of sp³-hybridized carbons (Fsp3) is 0.364. The van der Waals surface area contributed by atoms with Crippen molar-refractivity contribution in [1.29, 1.82) is 0 Å². The van der Waals surface area contributed by atoms with Crippen LogP contribution in [-0.4, -0.2) is 75.5 Å². The first-order valence-electron chi connectivity index (χ1n) is 9.57. The molecule has 0 atom stereocenters. The molecule has 1 aliphatic rings. The van der Waals surface area contributed by atoms with E-state index in [1.165, 1.54) is 7.11 Å². The van der Waals surface area contributed by atoms with E-state index in [0.29, 0.717) is 34.9 Å². The number of hydrogen-bond donors (Lipinski definition) is 1. The van der Waals surface area contributed by atoms with Crippen LogP contribution in [0, 0.1) is 0 Å². The molecule has 1 aliphatic heterocycles. The van der Waals surface area contributed by atoms with E-state index in [1.807, 2.05) is 0 Å². The van der Waals surface area contributed by atoms with Crippen molar-refractivity contribution in [3.05, 3.63) is 53.6 Å². The number of nitrogens with zero attached hydrogens (tertiary/aromatic N) is 2. The third kappa shape index (κ3) is 5.34. The lowest BCUT2D eigenvalue weighted by molar-refractivity contribution is 0.0876. The molecule has 0 aliphatic carbocycles. The molecule has 0 bridgehead atoms. The second-order valence-electron chi connectivity index (χ2n) is 7.10. The Labute approximate surface area is 171 Å². The molecule has 7 nitrogen and oxygen atoms in total. The van der Waals surface area contributed by atoms with Gasteiger partial charge in [-0.2, -0.15) is 0 Å². The monoisotopic (exact) mass is 397 g/mol. The number of likely N-dealkylation sites (N-methyl/N-ethyl adjacent to an activating group) is 1. The number of benzene rings is 2. The van der Waals surface area contributed by atoms with E-state index in [1.54, 1.807) is 49.6 Å². The summed E-state index contributed by atoms with van der Waals surface area (Å²) in [6.45, 7) is 4.19. The molecule has 0 unspecified atom stereocenters. The first-order valence-corrected chi connectivity index (χ1v) is 9.57. The Morgan fingerprint density at radius 2 is 1.52 bits per heavy atom. The Morgan fingerprint density at radius 3 is 2.14 bits per heavy atom. The number of piperazine rings is 1. The number of nitrogens with one attached hydrogen (secondary N) is 1. The minimum Gasteiger partial charge on any atom is -0.493 e. The minimum absolute atomic E-state index is 0.0901. The predicted molar refractivity (Wildman–Crippen MR) is 112 cm³/mol. The first-order chi connectivity index (χ1) is 14.0. The number of rotatable bonds is 7. The molecule has 0 spiro atoms. The third-order valence-electron chi connectivity index (χ3n) is 5.07. The molecule has 1 N–H and O–H groups in total. The summed E-state index contributed by atoms with van der Waals surface area (Å²) in [6.07, 6.45) is 0. The molecule has 2 aromatic carbocycles. The van der Waals surface area contributed by atoms with Crippen LogP contribution >= 0.6 is 0 Å². The lowest BCUT2D eigenvalue weighted by Crippen LogP contribution is -2.46. The molecule has 1 fully saturated rings. The van der Waals surface area contributed by atoms with Crippen molar-refractivity contribution in [3.8, 4) is 11.5 Å². The van der Waals surface area contributed by atoms with Crippen LogP contribution < -0.4 is 14.8 Å². The highest BCUT2D eigenvalue weighted by Gasteiger charge is 2.17. The van der Waals surface area contributed by atoms with E-state index in [4.69, 9.17) is 9.47 Å². The Morgan fingerprint density at radius 1 is 0.897 bits per heavy atom. The fourth-order valence-electron chi connectivity index (χ4n) is 3.22. The van der Waals surface area contributed by atoms with Gasteiger partial charge in [-0.15, -0.1) is 0 Å². The second-order valence-corrected chi connectivity index (χ2v) is 7.10. The van der Waals surface area contributed by atoms with Crippen LogP contribution in [0.4, 0.5) is 5.69 Å². The van der Waals surface area contributed by atoms with Crippen molar-refractivity contribution in [3.63, 3.8) is 0 Å². The number of Topliss-reactive ketones (excluding diaryl/α,β-unsaturated/α-hetero) is 1. The zero-order chi connectivity index (χ0) is 20.8. The largest absolute Gasteiger partial charge is 0.493 e. The highest BCUT2D eigenvalue weighted by atomic mass is 16.5. The second kappa shape index (κ2) is 9.54. The van der Waals surface area contributed by atoms with Crippen molar-refractivity contribution in [2.75, 3.05) is 59.3 Å². The van der Waals surface area contributed by atoms with Crippen molar-refractivity contribution < 1.29 is 19.1 Å². The fourth-order valence-corrected chi connectivity index (χ4v) is 3.22. The smallest absolute Gasteiger partial charge is 0.255 e. The molecule has 0 aromatic heterocycles. The van der Waals surface area contributed by atoms with Crippen LogP contribution in [0.3, 0.4) is 0 Å². The van der Waals surface area contributed by atoms with E-state index in [-0.39, 0.29) is 11.7 Å². The van der Waals surface area contributed by atoms with Gasteiger partial charge in [-0.25, -0.2) is 0 Å². The van der Waals surface area contributed by atoms with Crippen LogP contribution in [0.2, 0.25) is 0 Å². The molecule has 0 radical (unpaired) electrons. The molecule has 7 heteroatoms. The number of methoxy groups -OCH3 is 2. The maximum atomic E-state index is 12.5. The van der Waals surface area contributed by atoms with E-state index in [2.05, 4.69) is 22.2 Å². The highest BCUT2D eigenvalue weighted by Crippen LogP contribution is 2.27. The molecular weight excluding hydrogens is 370 g/mol. The minimum atomic E-state index is -0.262. The number of ketones is 1. The van der Waals surface area contributed by atoms with Crippen LogP contribution in [0.25, 0.3) is 0 Å². The van der Waals surface area contributed by atoms with Crippen molar-refractivity contribution in [2.45, 2.75) is 0 Å². The standard InChI is InChI=1S/C22H27N3O4/c1-24-10-12-25(13-11-24)15-19(26)16-4-7-18(8-5-16)23-22(27)17-6-9-20(28-2)21(14-17)29-3/h4-9,14H,10-13,15H2,1-3H3,(H,23,27). The topological polar surface area (TPSA) is 71.1 Å². The van der Waals surface area contributed by atoms with Gasteiger partial charge < -0.3 is 19.7 Å². The Balaban J connectivity index is 1.60. The SMILES string of the molecule is COc1ccc(C(=O)Nc2ccc(C(=O)CN3CCN(C)CC3)cc2)cc1OC. The number of hydrogen-bond acceptors (Lipinski definition) is 6. The molecule has 1 heterocycles. The lowest BCUT2D eigenvalue weighted by Gasteiger charge is -2.31. The average molecular weight is 397 g/mol. The molecule has 29 heavy (non-hydrogen) atoms. The summed E-state index contributed by atoms with van der Waals surface area (Å²) < 4.78 is 10.4. The maximum Gasteiger partial charge on any atom is 0.255 e. The van der Waals surface area contributed by atoms with E-state index in [0.717, 1.165) is 26.2 Å². The van der Waals surface area contributed by atoms with Crippen molar-refractivity contribution in [2.24, 2.45) is 0 Å². The van der Waals surface area contributed by atoms with Gasteiger partial charge in [-0.05, 0) is 49.5 Å². The zero-order valence-corrected chi connectivity index (χ0v) is 17.1. The maximum absolute atomic E-state index is 12.5. The summed E-state index contributed by atoms with van der Waals surface area (Å²) >= 11 is 0. The van der Waals surface area contributed by atoms with Crippen molar-refractivity contribution >= 4 is 17.4 Å². The van der Waals surface area contributed by atoms with E-state index in [9.17, 15) is 9.59 Å². The zero-order valence-electron chi connectivity index (χ0n) is 17.1. The third-order valence-corrected chi connectivity index (χ3v) is 5.07. The van der Waals surface area contributed by atoms with Crippen LogP contribution in [0.5, 0.6) is 11.5 Å². The first kappa shape index (κ1) is 20.8. The number of amides is 1. The quantitative estimate of drug-likeness (QED) is 0.724. The molecule has 1 saturated heterocycles. The molecule has 1 amide bonds. The van der Waals surface area contributed by atoms with Gasteiger partial charge >= 0.3 is 0 Å². The van der Waals surface area contributed by atoms with Gasteiger partial charge in [0.05, 0.1) is 20.8 Å². The Hall–Kier alpha value is -2.90. The molecule has 0 saturated carbocycles. The Bertz CT molecular complexity index is 859. The summed E-state index contributed by atoms with van der Waals surface area (Å²) in [7, 11) is 5.16. The number of ether oxygens (including phenoxy) is 2. The van der Waals surface area contributed by atoms with Crippen molar-refractivity contribution in [1.82, 2.24) is 9.80 Å². The van der Waals surface area contributed by atoms with Crippen LogP contribution in [-0.2, 0) is 0 Å². The van der Waals surface area contributed by atoms with E-state index >= 15 is 0 Å². The number of carbonyl (C=O) groups is 2. The number of anilines is 1. The van der Waals surface area contributed by atoms with Gasteiger partial charge in [0.25, 0.3) is 5.91 Å². The van der Waals surface area contributed by atoms with Crippen LogP contribution in [0.1, 0.15) is 20.7 Å². The molecule has 154 valence electrons.